The summed E-state index contributed by atoms with van der Waals surface area (Å²) in [5, 5.41) is 0.443. The third kappa shape index (κ3) is 4.09. The summed E-state index contributed by atoms with van der Waals surface area (Å²) in [5.74, 6) is 0. The highest BCUT2D eigenvalue weighted by Crippen LogP contribution is 1.87. The molecule has 56 valence electrons. The fourth-order valence-corrected chi connectivity index (χ4v) is 0.314. The van der Waals surface area contributed by atoms with Gasteiger partial charge in [-0.15, -0.1) is 0 Å². The standard InChI is InChI=1S/C7H11NOS/c1-4-5-6-9-7(10)8(2)3/h4-6H,1H2,2-3H3. The summed E-state index contributed by atoms with van der Waals surface area (Å²) >= 11 is 4.81. The molecule has 0 heterocycles. The van der Waals surface area contributed by atoms with Crippen molar-refractivity contribution in [2.24, 2.45) is 0 Å². The maximum atomic E-state index is 4.95. The molecule has 3 heteroatoms. The highest BCUT2D eigenvalue weighted by Gasteiger charge is 1.93. The van der Waals surface area contributed by atoms with Crippen LogP contribution in [0.15, 0.2) is 25.0 Å². The van der Waals surface area contributed by atoms with E-state index in [9.17, 15) is 0 Å². The monoisotopic (exact) mass is 157 g/mol. The Labute approximate surface area is 66.8 Å². The first-order valence-electron chi connectivity index (χ1n) is 2.84. The zero-order valence-electron chi connectivity index (χ0n) is 6.20. The van der Waals surface area contributed by atoms with E-state index >= 15 is 0 Å². The van der Waals surface area contributed by atoms with E-state index in [1.165, 1.54) is 6.26 Å². The van der Waals surface area contributed by atoms with Gasteiger partial charge < -0.3 is 9.64 Å². The van der Waals surface area contributed by atoms with Gasteiger partial charge in [0.05, 0.1) is 6.26 Å². The van der Waals surface area contributed by atoms with E-state index in [0.29, 0.717) is 5.17 Å². The number of hydrogen-bond acceptors (Lipinski definition) is 2. The van der Waals surface area contributed by atoms with Crippen molar-refractivity contribution in [2.75, 3.05) is 14.1 Å². The van der Waals surface area contributed by atoms with Crippen LogP contribution in [0, 0.1) is 0 Å². The molecular weight excluding hydrogens is 146 g/mol. The molecule has 0 aliphatic rings. The predicted octanol–water partition coefficient (Wildman–Crippen LogP) is 1.55. The van der Waals surface area contributed by atoms with E-state index in [0.717, 1.165) is 0 Å². The van der Waals surface area contributed by atoms with Gasteiger partial charge in [0.2, 0.25) is 0 Å². The van der Waals surface area contributed by atoms with Crippen LogP contribution in [-0.2, 0) is 4.74 Å². The second kappa shape index (κ2) is 4.99. The Morgan fingerprint density at radius 3 is 2.60 bits per heavy atom. The van der Waals surface area contributed by atoms with Crippen molar-refractivity contribution in [2.45, 2.75) is 0 Å². The van der Waals surface area contributed by atoms with Gasteiger partial charge >= 0.3 is 0 Å². The van der Waals surface area contributed by atoms with Crippen LogP contribution in [0.1, 0.15) is 0 Å². The van der Waals surface area contributed by atoms with Gasteiger partial charge in [-0.2, -0.15) is 0 Å². The molecule has 0 bridgehead atoms. The van der Waals surface area contributed by atoms with Crippen LogP contribution in [0.2, 0.25) is 0 Å². The van der Waals surface area contributed by atoms with E-state index in [4.69, 9.17) is 17.0 Å². The lowest BCUT2D eigenvalue weighted by Gasteiger charge is -2.10. The quantitative estimate of drug-likeness (QED) is 0.343. The molecule has 2 nitrogen and oxygen atoms in total. The fourth-order valence-electron chi connectivity index (χ4n) is 0.258. The molecule has 0 fully saturated rings. The van der Waals surface area contributed by atoms with Gasteiger partial charge in [0.15, 0.2) is 0 Å². The van der Waals surface area contributed by atoms with Crippen LogP contribution in [0.3, 0.4) is 0 Å². The molecule has 0 spiro atoms. The van der Waals surface area contributed by atoms with Gasteiger partial charge in [-0.3, -0.25) is 0 Å². The van der Waals surface area contributed by atoms with Gasteiger partial charge in [-0.1, -0.05) is 12.7 Å². The molecule has 0 saturated heterocycles. The zero-order chi connectivity index (χ0) is 7.98. The van der Waals surface area contributed by atoms with E-state index in [1.54, 1.807) is 17.1 Å². The maximum Gasteiger partial charge on any atom is 0.263 e. The predicted molar refractivity (Wildman–Crippen MR) is 46.7 cm³/mol. The van der Waals surface area contributed by atoms with Crippen LogP contribution >= 0.6 is 12.2 Å². The molecule has 10 heavy (non-hydrogen) atoms. The van der Waals surface area contributed by atoms with Crippen molar-refractivity contribution >= 4 is 17.4 Å². The summed E-state index contributed by atoms with van der Waals surface area (Å²) in [6.07, 6.45) is 4.80. The third-order valence-electron chi connectivity index (χ3n) is 0.749. The highest BCUT2D eigenvalue weighted by molar-refractivity contribution is 7.80. The van der Waals surface area contributed by atoms with Crippen LogP contribution in [0.4, 0.5) is 0 Å². The Morgan fingerprint density at radius 1 is 1.60 bits per heavy atom. The lowest BCUT2D eigenvalue weighted by atomic mass is 10.6. The summed E-state index contributed by atoms with van der Waals surface area (Å²) in [6.45, 7) is 3.48. The minimum absolute atomic E-state index is 0.443. The first-order valence-corrected chi connectivity index (χ1v) is 3.25. The average molecular weight is 157 g/mol. The number of ether oxygens (including phenoxy) is 1. The third-order valence-corrected chi connectivity index (χ3v) is 1.21. The first kappa shape index (κ1) is 9.17. The van der Waals surface area contributed by atoms with Crippen LogP contribution in [0.25, 0.3) is 0 Å². The molecule has 0 unspecified atom stereocenters. The topological polar surface area (TPSA) is 12.5 Å². The van der Waals surface area contributed by atoms with Crippen molar-refractivity contribution < 1.29 is 4.74 Å². The van der Waals surface area contributed by atoms with E-state index in [1.807, 2.05) is 14.1 Å². The van der Waals surface area contributed by atoms with Crippen molar-refractivity contribution in [3.8, 4) is 0 Å². The lowest BCUT2D eigenvalue weighted by Crippen LogP contribution is -2.20. The molecule has 0 saturated carbocycles. The summed E-state index contributed by atoms with van der Waals surface area (Å²) in [4.78, 5) is 1.71. The Kier molecular flexibility index (Phi) is 4.58. The smallest absolute Gasteiger partial charge is 0.263 e. The summed E-state index contributed by atoms with van der Waals surface area (Å²) in [6, 6.07) is 0. The maximum absolute atomic E-state index is 4.95. The lowest BCUT2D eigenvalue weighted by molar-refractivity contribution is 0.396. The van der Waals surface area contributed by atoms with Crippen molar-refractivity contribution in [1.29, 1.82) is 0 Å². The minimum Gasteiger partial charge on any atom is -0.440 e. The molecular formula is C7H11NOS. The van der Waals surface area contributed by atoms with Crippen LogP contribution < -0.4 is 0 Å². The summed E-state index contributed by atoms with van der Waals surface area (Å²) in [7, 11) is 3.65. The molecule has 0 aliphatic heterocycles. The van der Waals surface area contributed by atoms with E-state index in [-0.39, 0.29) is 0 Å². The molecule has 0 rings (SSSR count). The first-order chi connectivity index (χ1) is 4.68. The zero-order valence-corrected chi connectivity index (χ0v) is 7.02. The molecule has 0 N–H and O–H groups in total. The molecule has 0 aromatic rings. The van der Waals surface area contributed by atoms with Gasteiger partial charge in [0.25, 0.3) is 5.17 Å². The molecule has 0 amide bonds. The highest BCUT2D eigenvalue weighted by atomic mass is 32.1. The minimum atomic E-state index is 0.443. The number of nitrogens with zero attached hydrogens (tertiary/aromatic N) is 1. The van der Waals surface area contributed by atoms with Gasteiger partial charge in [-0.05, 0) is 18.3 Å². The van der Waals surface area contributed by atoms with E-state index in [2.05, 4.69) is 6.58 Å². The fraction of sp³-hybridized carbons (Fsp3) is 0.286. The Balaban J connectivity index is 3.59. The summed E-state index contributed by atoms with van der Waals surface area (Å²) in [5.41, 5.74) is 0. The number of thiocarbonyl (C=S) groups is 1. The molecule has 0 radical (unpaired) electrons. The van der Waals surface area contributed by atoms with Gasteiger partial charge in [0, 0.05) is 14.1 Å². The van der Waals surface area contributed by atoms with Crippen LogP contribution in [0.5, 0.6) is 0 Å². The summed E-state index contributed by atoms with van der Waals surface area (Å²) < 4.78 is 4.95. The molecule has 0 aromatic heterocycles. The molecule has 0 aliphatic carbocycles. The molecule has 0 aromatic carbocycles. The second-order valence-electron chi connectivity index (χ2n) is 1.84. The number of hydrogen-bond donors (Lipinski definition) is 0. The Morgan fingerprint density at radius 2 is 2.20 bits per heavy atom. The average Bonchev–Trinajstić information content (AvgIpc) is 1.88. The van der Waals surface area contributed by atoms with Crippen LogP contribution in [-0.4, -0.2) is 24.2 Å². The van der Waals surface area contributed by atoms with Gasteiger partial charge in [-0.25, -0.2) is 0 Å². The largest absolute Gasteiger partial charge is 0.440 e. The second-order valence-corrected chi connectivity index (χ2v) is 2.19. The normalized spacial score (nSPS) is 9.40. The van der Waals surface area contributed by atoms with Crippen molar-refractivity contribution in [3.63, 3.8) is 0 Å². The van der Waals surface area contributed by atoms with Gasteiger partial charge in [0.1, 0.15) is 0 Å². The van der Waals surface area contributed by atoms with E-state index < -0.39 is 0 Å². The van der Waals surface area contributed by atoms with Crippen molar-refractivity contribution in [1.82, 2.24) is 4.90 Å². The molecule has 0 atom stereocenters. The SMILES string of the molecule is C=CC=COC(=S)N(C)C. The number of allylic oxidation sites excluding steroid dienone is 2. The Bertz CT molecular complexity index is 152. The Hall–Kier alpha value is -0.830. The number of rotatable bonds is 2. The van der Waals surface area contributed by atoms with Crippen molar-refractivity contribution in [3.05, 3.63) is 25.0 Å².